The minimum Gasteiger partial charge on any atom is -0.496 e. The van der Waals surface area contributed by atoms with Gasteiger partial charge >= 0.3 is 0 Å². The maximum Gasteiger partial charge on any atom is 0.152 e. The molecule has 6 heteroatoms. The van der Waals surface area contributed by atoms with Gasteiger partial charge in [0.15, 0.2) is 9.84 Å². The zero-order valence-corrected chi connectivity index (χ0v) is 12.8. The summed E-state index contributed by atoms with van der Waals surface area (Å²) in [5, 5.41) is 8.74. The number of ether oxygens (including phenoxy) is 1. The van der Waals surface area contributed by atoms with Gasteiger partial charge in [0.1, 0.15) is 12.4 Å². The van der Waals surface area contributed by atoms with Crippen LogP contribution < -0.4 is 4.74 Å². The average molecular weight is 309 g/mol. The fourth-order valence-corrected chi connectivity index (χ4v) is 3.55. The van der Waals surface area contributed by atoms with Gasteiger partial charge in [0, 0.05) is 30.8 Å². The lowest BCUT2D eigenvalue weighted by atomic mass is 10.1. The molecule has 0 spiro atoms. The molecule has 2 rings (SSSR count). The normalized spacial score (nSPS) is 17.8. The highest BCUT2D eigenvalue weighted by molar-refractivity contribution is 7.91. The molecule has 1 N–H and O–H groups in total. The number of sulfone groups is 1. The number of methoxy groups -OCH3 is 1. The zero-order chi connectivity index (χ0) is 15.3. The van der Waals surface area contributed by atoms with Crippen molar-refractivity contribution in [2.45, 2.75) is 6.54 Å². The van der Waals surface area contributed by atoms with Crippen LogP contribution in [0.2, 0.25) is 0 Å². The van der Waals surface area contributed by atoms with Crippen molar-refractivity contribution in [1.82, 2.24) is 4.90 Å². The van der Waals surface area contributed by atoms with E-state index >= 15 is 0 Å². The molecule has 0 amide bonds. The van der Waals surface area contributed by atoms with Crippen molar-refractivity contribution in [2.75, 3.05) is 38.3 Å². The SMILES string of the molecule is COc1ccc(C#CCO)cc1CN1CCS(=O)(=O)CC1. The molecule has 21 heavy (non-hydrogen) atoms. The maximum atomic E-state index is 11.5. The van der Waals surface area contributed by atoms with Crippen LogP contribution in [-0.4, -0.2) is 56.7 Å². The van der Waals surface area contributed by atoms with Crippen LogP contribution in [0, 0.1) is 11.8 Å². The molecular formula is C15H19NO4S. The van der Waals surface area contributed by atoms with Crippen molar-refractivity contribution in [3.05, 3.63) is 29.3 Å². The third-order valence-corrected chi connectivity index (χ3v) is 5.03. The summed E-state index contributed by atoms with van der Waals surface area (Å²) in [4.78, 5) is 2.10. The Labute approximate surface area is 125 Å². The fourth-order valence-electron chi connectivity index (χ4n) is 2.27. The van der Waals surface area contributed by atoms with E-state index in [1.165, 1.54) is 0 Å². The Hall–Kier alpha value is -1.55. The second-order valence-corrected chi connectivity index (χ2v) is 7.22. The summed E-state index contributed by atoms with van der Waals surface area (Å²) in [6, 6.07) is 5.60. The largest absolute Gasteiger partial charge is 0.496 e. The summed E-state index contributed by atoms with van der Waals surface area (Å²) in [6.45, 7) is 1.54. The van der Waals surface area contributed by atoms with E-state index in [1.54, 1.807) is 7.11 Å². The molecule has 0 aliphatic carbocycles. The van der Waals surface area contributed by atoms with E-state index in [0.717, 1.165) is 16.9 Å². The fraction of sp³-hybridized carbons (Fsp3) is 0.467. The number of hydrogen-bond donors (Lipinski definition) is 1. The van der Waals surface area contributed by atoms with Gasteiger partial charge in [0.2, 0.25) is 0 Å². The highest BCUT2D eigenvalue weighted by atomic mass is 32.2. The summed E-state index contributed by atoms with van der Waals surface area (Å²) in [7, 11) is -1.26. The molecule has 1 aromatic rings. The Morgan fingerprint density at radius 2 is 2.05 bits per heavy atom. The monoisotopic (exact) mass is 309 g/mol. The van der Waals surface area contributed by atoms with E-state index in [-0.39, 0.29) is 18.1 Å². The van der Waals surface area contributed by atoms with Crippen molar-refractivity contribution in [2.24, 2.45) is 0 Å². The maximum absolute atomic E-state index is 11.5. The van der Waals surface area contributed by atoms with E-state index in [9.17, 15) is 8.42 Å². The quantitative estimate of drug-likeness (QED) is 0.812. The van der Waals surface area contributed by atoms with Gasteiger partial charge in [-0.25, -0.2) is 8.42 Å². The van der Waals surface area contributed by atoms with Gasteiger partial charge in [-0.15, -0.1) is 0 Å². The number of aliphatic hydroxyl groups excluding tert-OH is 1. The molecule has 1 aromatic carbocycles. The molecule has 1 aliphatic rings. The first kappa shape index (κ1) is 15.8. The Kier molecular flexibility index (Phi) is 5.23. The molecule has 0 aromatic heterocycles. The molecule has 0 radical (unpaired) electrons. The third kappa shape index (κ3) is 4.46. The van der Waals surface area contributed by atoms with Crippen molar-refractivity contribution in [3.63, 3.8) is 0 Å². The highest BCUT2D eigenvalue weighted by Gasteiger charge is 2.22. The molecule has 5 nitrogen and oxygen atoms in total. The molecule has 0 atom stereocenters. The van der Waals surface area contributed by atoms with Crippen LogP contribution >= 0.6 is 0 Å². The minimum absolute atomic E-state index is 0.175. The Morgan fingerprint density at radius 1 is 1.33 bits per heavy atom. The molecule has 1 heterocycles. The summed E-state index contributed by atoms with van der Waals surface area (Å²) >= 11 is 0. The van der Waals surface area contributed by atoms with Crippen LogP contribution in [0.5, 0.6) is 5.75 Å². The molecule has 1 fully saturated rings. The first-order valence-electron chi connectivity index (χ1n) is 6.73. The smallest absolute Gasteiger partial charge is 0.152 e. The lowest BCUT2D eigenvalue weighted by molar-refractivity contribution is 0.282. The van der Waals surface area contributed by atoms with Gasteiger partial charge < -0.3 is 9.84 Å². The molecule has 0 saturated carbocycles. The van der Waals surface area contributed by atoms with Crippen LogP contribution in [0.3, 0.4) is 0 Å². The summed E-state index contributed by atoms with van der Waals surface area (Å²) < 4.78 is 28.2. The molecule has 1 saturated heterocycles. The second-order valence-electron chi connectivity index (χ2n) is 4.91. The van der Waals surface area contributed by atoms with Gasteiger partial charge in [0.05, 0.1) is 18.6 Å². The molecular weight excluding hydrogens is 290 g/mol. The number of rotatable bonds is 3. The first-order valence-corrected chi connectivity index (χ1v) is 8.55. The average Bonchev–Trinajstić information content (AvgIpc) is 2.47. The second kappa shape index (κ2) is 6.94. The van der Waals surface area contributed by atoms with Crippen molar-refractivity contribution in [1.29, 1.82) is 0 Å². The highest BCUT2D eigenvalue weighted by Crippen LogP contribution is 2.22. The Balaban J connectivity index is 2.14. The lowest BCUT2D eigenvalue weighted by Crippen LogP contribution is -2.39. The third-order valence-electron chi connectivity index (χ3n) is 3.42. The van der Waals surface area contributed by atoms with Crippen molar-refractivity contribution < 1.29 is 18.3 Å². The Bertz CT molecular complexity index is 644. The van der Waals surface area contributed by atoms with Gasteiger partial charge in [-0.2, -0.15) is 0 Å². The van der Waals surface area contributed by atoms with E-state index in [2.05, 4.69) is 16.7 Å². The minimum atomic E-state index is -2.87. The van der Waals surface area contributed by atoms with Crippen LogP contribution in [-0.2, 0) is 16.4 Å². The molecule has 1 aliphatic heterocycles. The number of nitrogens with zero attached hydrogens (tertiary/aromatic N) is 1. The number of aliphatic hydroxyl groups is 1. The van der Waals surface area contributed by atoms with E-state index in [1.807, 2.05) is 18.2 Å². The van der Waals surface area contributed by atoms with E-state index < -0.39 is 9.84 Å². The molecule has 0 unspecified atom stereocenters. The zero-order valence-electron chi connectivity index (χ0n) is 12.0. The predicted octanol–water partition coefficient (Wildman–Crippen LogP) is 0.269. The summed E-state index contributed by atoms with van der Waals surface area (Å²) in [5.74, 6) is 6.66. The summed E-state index contributed by atoms with van der Waals surface area (Å²) in [5.41, 5.74) is 1.78. The van der Waals surface area contributed by atoms with Crippen LogP contribution in [0.1, 0.15) is 11.1 Å². The van der Waals surface area contributed by atoms with Gasteiger partial charge in [0.25, 0.3) is 0 Å². The lowest BCUT2D eigenvalue weighted by Gasteiger charge is -2.27. The molecule has 0 bridgehead atoms. The topological polar surface area (TPSA) is 66.8 Å². The number of hydrogen-bond acceptors (Lipinski definition) is 5. The van der Waals surface area contributed by atoms with Gasteiger partial charge in [-0.1, -0.05) is 11.8 Å². The number of benzene rings is 1. The summed E-state index contributed by atoms with van der Waals surface area (Å²) in [6.07, 6.45) is 0. The van der Waals surface area contributed by atoms with Crippen LogP contribution in [0.25, 0.3) is 0 Å². The van der Waals surface area contributed by atoms with E-state index in [4.69, 9.17) is 9.84 Å². The molecule has 114 valence electrons. The van der Waals surface area contributed by atoms with E-state index in [0.29, 0.717) is 19.6 Å². The first-order chi connectivity index (χ1) is 10.0. The van der Waals surface area contributed by atoms with Crippen molar-refractivity contribution >= 4 is 9.84 Å². The van der Waals surface area contributed by atoms with Crippen LogP contribution in [0.4, 0.5) is 0 Å². The van der Waals surface area contributed by atoms with Crippen LogP contribution in [0.15, 0.2) is 18.2 Å². The predicted molar refractivity (Wildman–Crippen MR) is 80.9 cm³/mol. The standard InChI is InChI=1S/C15H19NO4S/c1-20-15-5-4-13(3-2-8-17)11-14(15)12-16-6-9-21(18,19)10-7-16/h4-5,11,17H,6-10,12H2,1H3. The van der Waals surface area contributed by atoms with Gasteiger partial charge in [-0.3, -0.25) is 4.90 Å². The van der Waals surface area contributed by atoms with Gasteiger partial charge in [-0.05, 0) is 18.2 Å². The van der Waals surface area contributed by atoms with Crippen molar-refractivity contribution in [3.8, 4) is 17.6 Å². The Morgan fingerprint density at radius 3 is 2.67 bits per heavy atom.